The molecule has 2 aromatic carbocycles. The molecule has 0 fully saturated rings. The van der Waals surface area contributed by atoms with Gasteiger partial charge >= 0.3 is 18.9 Å². The molecular weight excluding hydrogens is 437 g/mol. The van der Waals surface area contributed by atoms with Crippen LogP contribution in [0.2, 0.25) is 10.0 Å². The Labute approximate surface area is 202 Å². The molecule has 0 aliphatic rings. The van der Waals surface area contributed by atoms with Crippen molar-refractivity contribution in [3.8, 4) is 17.2 Å². The Balaban J connectivity index is 0.00000450. The first-order chi connectivity index (χ1) is 13.6. The molecule has 2 rings (SSSR count). The second kappa shape index (κ2) is 12.2. The molecule has 4 nitrogen and oxygen atoms in total. The number of ether oxygens (including phenoxy) is 3. The first kappa shape index (κ1) is 27.2. The zero-order valence-corrected chi connectivity index (χ0v) is 20.0. The van der Waals surface area contributed by atoms with Crippen LogP contribution in [0.1, 0.15) is 51.9 Å². The van der Waals surface area contributed by atoms with Gasteiger partial charge in [-0.3, -0.25) is 4.79 Å². The molecule has 0 N–H and O–H groups in total. The van der Waals surface area contributed by atoms with Crippen LogP contribution in [0.5, 0.6) is 17.2 Å². The van der Waals surface area contributed by atoms with Crippen molar-refractivity contribution in [2.45, 2.75) is 59.9 Å². The summed E-state index contributed by atoms with van der Waals surface area (Å²) in [6, 6.07) is 8.63. The Morgan fingerprint density at radius 3 is 1.67 bits per heavy atom. The summed E-state index contributed by atoms with van der Waals surface area (Å²) in [4.78, 5) is 13.1. The van der Waals surface area contributed by atoms with Crippen LogP contribution in [-0.2, 0) is 0 Å². The van der Waals surface area contributed by atoms with E-state index in [4.69, 9.17) is 37.4 Å². The van der Waals surface area contributed by atoms with Gasteiger partial charge in [-0.2, -0.15) is 0 Å². The van der Waals surface area contributed by atoms with Gasteiger partial charge < -0.3 is 14.2 Å². The predicted molar refractivity (Wildman–Crippen MR) is 130 cm³/mol. The van der Waals surface area contributed by atoms with Crippen molar-refractivity contribution < 1.29 is 19.0 Å². The van der Waals surface area contributed by atoms with E-state index >= 15 is 0 Å². The molecule has 0 saturated heterocycles. The number of carbonyl (C=O) groups is 1. The predicted octanol–water partition coefficient (Wildman–Crippen LogP) is 5.85. The standard InChI is InChI=1S/C22H27Cl2O4P.Li.H/c1-12(2)26-15-10-18(27-13(3)4)21(19(11-15)28-14(5)6)29-22(25)20-16(23)8-7-9-17(20)24;;/h7-14,29H,1-6H3;;. The second-order valence-corrected chi connectivity index (χ2v) is 9.36. The van der Waals surface area contributed by atoms with Crippen LogP contribution in [0.15, 0.2) is 30.3 Å². The maximum atomic E-state index is 13.1. The van der Waals surface area contributed by atoms with Crippen LogP contribution in [-0.4, -0.2) is 42.7 Å². The number of hydrogen-bond donors (Lipinski definition) is 0. The minimum atomic E-state index is -0.276. The average molecular weight is 465 g/mol. The third-order valence-corrected chi connectivity index (χ3v) is 5.41. The van der Waals surface area contributed by atoms with Crippen LogP contribution in [0.25, 0.3) is 0 Å². The fraction of sp³-hybridized carbons (Fsp3) is 0.409. The van der Waals surface area contributed by atoms with E-state index in [1.165, 1.54) is 0 Å². The number of hydrogen-bond acceptors (Lipinski definition) is 4. The van der Waals surface area contributed by atoms with Crippen molar-refractivity contribution in [3.63, 3.8) is 0 Å². The summed E-state index contributed by atoms with van der Waals surface area (Å²) in [5, 5.41) is 1.32. The molecule has 30 heavy (non-hydrogen) atoms. The van der Waals surface area contributed by atoms with E-state index in [-0.39, 0.29) is 51.3 Å². The van der Waals surface area contributed by atoms with Crippen LogP contribution < -0.4 is 19.5 Å². The third kappa shape index (κ3) is 7.67. The molecule has 8 heteroatoms. The molecule has 1 unspecified atom stereocenters. The van der Waals surface area contributed by atoms with Gasteiger partial charge in [0.05, 0.1) is 39.2 Å². The van der Waals surface area contributed by atoms with Gasteiger partial charge in [-0.25, -0.2) is 0 Å². The van der Waals surface area contributed by atoms with E-state index in [1.807, 2.05) is 41.5 Å². The fourth-order valence-corrected chi connectivity index (χ4v) is 4.47. The van der Waals surface area contributed by atoms with Crippen molar-refractivity contribution >= 4 is 61.5 Å². The van der Waals surface area contributed by atoms with Crippen molar-refractivity contribution in [2.24, 2.45) is 0 Å². The summed E-state index contributed by atoms with van der Waals surface area (Å²) >= 11 is 12.5. The molecule has 0 amide bonds. The van der Waals surface area contributed by atoms with Crippen LogP contribution in [0.3, 0.4) is 0 Å². The fourth-order valence-electron chi connectivity index (χ4n) is 2.61. The Morgan fingerprint density at radius 2 is 1.27 bits per heavy atom. The normalized spacial score (nSPS) is 11.3. The van der Waals surface area contributed by atoms with E-state index < -0.39 is 0 Å². The van der Waals surface area contributed by atoms with E-state index in [1.54, 1.807) is 30.3 Å². The summed E-state index contributed by atoms with van der Waals surface area (Å²) < 4.78 is 17.9. The van der Waals surface area contributed by atoms with Crippen molar-refractivity contribution in [3.05, 3.63) is 45.9 Å². The molecule has 0 bridgehead atoms. The Bertz CT molecular complexity index is 821. The summed E-state index contributed by atoms with van der Waals surface area (Å²) in [7, 11) is -0.276. The topological polar surface area (TPSA) is 44.8 Å². The quantitative estimate of drug-likeness (QED) is 0.344. The number of rotatable bonds is 9. The summed E-state index contributed by atoms with van der Waals surface area (Å²) in [6.45, 7) is 11.6. The van der Waals surface area contributed by atoms with Gasteiger partial charge in [0, 0.05) is 12.1 Å². The zero-order chi connectivity index (χ0) is 21.7. The first-order valence-electron chi connectivity index (χ1n) is 9.51. The van der Waals surface area contributed by atoms with Crippen LogP contribution in [0.4, 0.5) is 0 Å². The van der Waals surface area contributed by atoms with E-state index in [9.17, 15) is 4.79 Å². The molecular formula is C22H28Cl2LiO4P. The van der Waals surface area contributed by atoms with Gasteiger partial charge in [0.25, 0.3) is 0 Å². The van der Waals surface area contributed by atoms with E-state index in [0.29, 0.717) is 38.2 Å². The summed E-state index contributed by atoms with van der Waals surface area (Å²) in [6.07, 6.45) is -0.178. The number of benzene rings is 2. The molecule has 160 valence electrons. The van der Waals surface area contributed by atoms with Gasteiger partial charge in [-0.05, 0) is 62.3 Å². The molecule has 0 heterocycles. The van der Waals surface area contributed by atoms with Crippen molar-refractivity contribution in [2.75, 3.05) is 0 Å². The molecule has 1 atom stereocenters. The first-order valence-corrected chi connectivity index (χ1v) is 11.3. The molecule has 0 aromatic heterocycles. The Kier molecular flexibility index (Phi) is 11.1. The zero-order valence-electron chi connectivity index (χ0n) is 17.5. The van der Waals surface area contributed by atoms with Gasteiger partial charge in [-0.15, -0.1) is 0 Å². The summed E-state index contributed by atoms with van der Waals surface area (Å²) in [5.74, 6) is 1.75. The van der Waals surface area contributed by atoms with Crippen molar-refractivity contribution in [1.29, 1.82) is 0 Å². The van der Waals surface area contributed by atoms with E-state index in [0.717, 1.165) is 0 Å². The van der Waals surface area contributed by atoms with Gasteiger partial charge in [0.2, 0.25) is 0 Å². The third-order valence-electron chi connectivity index (χ3n) is 3.56. The Morgan fingerprint density at radius 1 is 0.833 bits per heavy atom. The van der Waals surface area contributed by atoms with E-state index in [2.05, 4.69) is 0 Å². The van der Waals surface area contributed by atoms with Crippen molar-refractivity contribution in [1.82, 2.24) is 0 Å². The average Bonchev–Trinajstić information content (AvgIpc) is 2.56. The van der Waals surface area contributed by atoms with Gasteiger partial charge in [0.15, 0.2) is 5.52 Å². The minimum absolute atomic E-state index is 0. The second-order valence-electron chi connectivity index (χ2n) is 7.35. The molecule has 0 aliphatic heterocycles. The molecule has 0 radical (unpaired) electrons. The molecule has 0 spiro atoms. The molecule has 2 aromatic rings. The number of carbonyl (C=O) groups excluding carboxylic acids is 1. The van der Waals surface area contributed by atoms with Gasteiger partial charge in [-0.1, -0.05) is 29.3 Å². The molecule has 0 saturated carbocycles. The van der Waals surface area contributed by atoms with Crippen LogP contribution >= 0.6 is 31.8 Å². The maximum absolute atomic E-state index is 13.1. The summed E-state index contributed by atoms with van der Waals surface area (Å²) in [5.41, 5.74) is 0.128. The monoisotopic (exact) mass is 464 g/mol. The Hall–Kier alpha value is -0.883. The van der Waals surface area contributed by atoms with Crippen LogP contribution in [0, 0.1) is 0 Å². The van der Waals surface area contributed by atoms with Gasteiger partial charge in [0.1, 0.15) is 17.2 Å². The SMILES string of the molecule is CC(C)Oc1cc(OC(C)C)c(PC(=O)c2c(Cl)cccc2Cl)c(OC(C)C)c1.[LiH]. The molecule has 0 aliphatic carbocycles. The number of halogens is 2.